The molecule has 3 N–H and O–H groups in total. The fourth-order valence-corrected chi connectivity index (χ4v) is 1.41. The summed E-state index contributed by atoms with van der Waals surface area (Å²) < 4.78 is 14.1. The van der Waals surface area contributed by atoms with E-state index in [-0.39, 0.29) is 10.7 Å². The molecule has 0 atom stereocenters. The zero-order valence-corrected chi connectivity index (χ0v) is 11.8. The van der Waals surface area contributed by atoms with Crippen LogP contribution in [0.3, 0.4) is 0 Å². The van der Waals surface area contributed by atoms with Gasteiger partial charge in [0.05, 0.1) is 16.1 Å². The number of benzene rings is 1. The van der Waals surface area contributed by atoms with Crippen LogP contribution in [0.15, 0.2) is 22.7 Å². The van der Waals surface area contributed by atoms with Gasteiger partial charge in [-0.15, -0.1) is 0 Å². The molecule has 0 fully saturated rings. The number of nitrogens with one attached hydrogen (secondary N) is 1. The summed E-state index contributed by atoms with van der Waals surface area (Å²) in [4.78, 5) is 11.9. The van der Waals surface area contributed by atoms with E-state index in [1.54, 1.807) is 19.9 Å². The molecule has 0 aliphatic heterocycles. The number of thiocarbonyl (C=S) groups is 1. The molecule has 0 unspecified atom stereocenters. The standard InChI is InChI=1S/C11H12BrFN2OS/c1-11(2,9(14)17)10(16)15-8-4-3-6(12)5-7(8)13/h3-5H,1-2H3,(H2,14,17)(H,15,16). The summed E-state index contributed by atoms with van der Waals surface area (Å²) in [5, 5.41) is 2.46. The zero-order valence-electron chi connectivity index (χ0n) is 9.38. The van der Waals surface area contributed by atoms with Crippen molar-refractivity contribution in [1.29, 1.82) is 0 Å². The first-order chi connectivity index (χ1) is 7.75. The van der Waals surface area contributed by atoms with Crippen LogP contribution in [0.5, 0.6) is 0 Å². The van der Waals surface area contributed by atoms with Gasteiger partial charge in [-0.05, 0) is 32.0 Å². The fraction of sp³-hybridized carbons (Fsp3) is 0.273. The lowest BCUT2D eigenvalue weighted by Crippen LogP contribution is -2.41. The van der Waals surface area contributed by atoms with Crippen LogP contribution in [0.25, 0.3) is 0 Å². The molecule has 6 heteroatoms. The van der Waals surface area contributed by atoms with E-state index < -0.39 is 17.1 Å². The predicted octanol–water partition coefficient (Wildman–Crippen LogP) is 2.84. The number of nitrogens with two attached hydrogens (primary N) is 1. The molecule has 17 heavy (non-hydrogen) atoms. The first kappa shape index (κ1) is 14.1. The highest BCUT2D eigenvalue weighted by Gasteiger charge is 2.31. The normalized spacial score (nSPS) is 11.1. The van der Waals surface area contributed by atoms with Gasteiger partial charge < -0.3 is 11.1 Å². The van der Waals surface area contributed by atoms with Crippen LogP contribution in [0.4, 0.5) is 10.1 Å². The first-order valence-electron chi connectivity index (χ1n) is 4.81. The topological polar surface area (TPSA) is 55.1 Å². The van der Waals surface area contributed by atoms with Crippen LogP contribution in [0.2, 0.25) is 0 Å². The third-order valence-electron chi connectivity index (χ3n) is 2.36. The van der Waals surface area contributed by atoms with Gasteiger partial charge in [-0.1, -0.05) is 28.1 Å². The number of hydrogen-bond donors (Lipinski definition) is 2. The maximum absolute atomic E-state index is 13.5. The van der Waals surface area contributed by atoms with E-state index in [0.717, 1.165) is 0 Å². The second kappa shape index (κ2) is 5.10. The van der Waals surface area contributed by atoms with Crippen molar-refractivity contribution in [3.8, 4) is 0 Å². The molecule has 0 saturated carbocycles. The SMILES string of the molecule is CC(C)(C(=O)Nc1ccc(Br)cc1F)C(N)=S. The largest absolute Gasteiger partial charge is 0.392 e. The minimum absolute atomic E-state index is 0.0625. The third-order valence-corrected chi connectivity index (χ3v) is 3.37. The highest BCUT2D eigenvalue weighted by atomic mass is 79.9. The summed E-state index contributed by atoms with van der Waals surface area (Å²) in [6, 6.07) is 4.36. The highest BCUT2D eigenvalue weighted by molar-refractivity contribution is 9.10. The molecule has 0 aromatic heterocycles. The Morgan fingerprint density at radius 2 is 2.12 bits per heavy atom. The van der Waals surface area contributed by atoms with E-state index in [4.69, 9.17) is 18.0 Å². The van der Waals surface area contributed by atoms with E-state index in [0.29, 0.717) is 4.47 Å². The van der Waals surface area contributed by atoms with Gasteiger partial charge in [0.15, 0.2) is 0 Å². The van der Waals surface area contributed by atoms with Crippen molar-refractivity contribution in [3.05, 3.63) is 28.5 Å². The summed E-state index contributed by atoms with van der Waals surface area (Å²) >= 11 is 7.93. The number of carbonyl (C=O) groups is 1. The van der Waals surface area contributed by atoms with Crippen LogP contribution in [0.1, 0.15) is 13.8 Å². The van der Waals surface area contributed by atoms with Crippen molar-refractivity contribution in [2.24, 2.45) is 11.1 Å². The minimum atomic E-state index is -1.02. The Kier molecular flexibility index (Phi) is 4.21. The lowest BCUT2D eigenvalue weighted by atomic mass is 9.92. The lowest BCUT2D eigenvalue weighted by Gasteiger charge is -2.22. The molecular weight excluding hydrogens is 307 g/mol. The molecule has 0 bridgehead atoms. The van der Waals surface area contributed by atoms with E-state index >= 15 is 0 Å². The van der Waals surface area contributed by atoms with Crippen LogP contribution < -0.4 is 11.1 Å². The van der Waals surface area contributed by atoms with E-state index in [9.17, 15) is 9.18 Å². The first-order valence-corrected chi connectivity index (χ1v) is 6.01. The Morgan fingerprint density at radius 1 is 1.53 bits per heavy atom. The molecule has 92 valence electrons. The molecule has 0 aliphatic carbocycles. The highest BCUT2D eigenvalue weighted by Crippen LogP contribution is 2.23. The molecule has 0 heterocycles. The van der Waals surface area contributed by atoms with Gasteiger partial charge >= 0.3 is 0 Å². The van der Waals surface area contributed by atoms with Gasteiger partial charge in [0.1, 0.15) is 5.82 Å². The van der Waals surface area contributed by atoms with Crippen molar-refractivity contribution in [1.82, 2.24) is 0 Å². The predicted molar refractivity (Wildman–Crippen MR) is 73.3 cm³/mol. The number of rotatable bonds is 3. The number of anilines is 1. The molecular formula is C11H12BrFN2OS. The average molecular weight is 319 g/mol. The molecule has 1 rings (SSSR count). The number of halogens is 2. The van der Waals surface area contributed by atoms with Crippen molar-refractivity contribution >= 4 is 44.7 Å². The van der Waals surface area contributed by atoms with Gasteiger partial charge in [0.2, 0.25) is 5.91 Å². The van der Waals surface area contributed by atoms with Crippen LogP contribution in [-0.2, 0) is 4.79 Å². The molecule has 0 spiro atoms. The molecule has 0 radical (unpaired) electrons. The Bertz CT molecular complexity index is 477. The summed E-state index contributed by atoms with van der Waals surface area (Å²) in [6.07, 6.45) is 0. The fourth-order valence-electron chi connectivity index (χ4n) is 0.981. The summed E-state index contributed by atoms with van der Waals surface area (Å²) in [6.45, 7) is 3.17. The average Bonchev–Trinajstić information content (AvgIpc) is 2.21. The van der Waals surface area contributed by atoms with Crippen molar-refractivity contribution in [2.45, 2.75) is 13.8 Å². The van der Waals surface area contributed by atoms with Crippen LogP contribution in [-0.4, -0.2) is 10.9 Å². The number of amides is 1. The number of carbonyl (C=O) groups excluding carboxylic acids is 1. The maximum atomic E-state index is 13.5. The summed E-state index contributed by atoms with van der Waals surface area (Å²) in [5.74, 6) is -0.960. The smallest absolute Gasteiger partial charge is 0.236 e. The van der Waals surface area contributed by atoms with Gasteiger partial charge in [-0.2, -0.15) is 0 Å². The van der Waals surface area contributed by atoms with Gasteiger partial charge in [0.25, 0.3) is 0 Å². The minimum Gasteiger partial charge on any atom is -0.392 e. The van der Waals surface area contributed by atoms with E-state index in [1.807, 2.05) is 0 Å². The van der Waals surface area contributed by atoms with E-state index in [1.165, 1.54) is 12.1 Å². The molecule has 3 nitrogen and oxygen atoms in total. The molecule has 1 aromatic carbocycles. The number of hydrogen-bond acceptors (Lipinski definition) is 2. The molecule has 0 saturated heterocycles. The Labute approximate surface area is 113 Å². The summed E-state index contributed by atoms with van der Waals surface area (Å²) in [7, 11) is 0. The van der Waals surface area contributed by atoms with Crippen molar-refractivity contribution in [3.63, 3.8) is 0 Å². The maximum Gasteiger partial charge on any atom is 0.236 e. The third kappa shape index (κ3) is 3.23. The molecule has 1 amide bonds. The Morgan fingerprint density at radius 3 is 2.59 bits per heavy atom. The molecule has 0 aliphatic rings. The monoisotopic (exact) mass is 318 g/mol. The van der Waals surface area contributed by atoms with Crippen LogP contribution >= 0.6 is 28.1 Å². The summed E-state index contributed by atoms with van der Waals surface area (Å²) in [5.41, 5.74) is 4.54. The van der Waals surface area contributed by atoms with Crippen molar-refractivity contribution in [2.75, 3.05) is 5.32 Å². The second-order valence-corrected chi connectivity index (χ2v) is 5.42. The molecule has 1 aromatic rings. The quantitative estimate of drug-likeness (QED) is 0.843. The van der Waals surface area contributed by atoms with Gasteiger partial charge in [-0.25, -0.2) is 4.39 Å². The van der Waals surface area contributed by atoms with E-state index in [2.05, 4.69) is 21.2 Å². The Hall–Kier alpha value is -1.01. The van der Waals surface area contributed by atoms with Crippen molar-refractivity contribution < 1.29 is 9.18 Å². The van der Waals surface area contributed by atoms with Gasteiger partial charge in [0, 0.05) is 4.47 Å². The lowest BCUT2D eigenvalue weighted by molar-refractivity contribution is -0.121. The second-order valence-electron chi connectivity index (χ2n) is 4.07. The Balaban J connectivity index is 2.92. The zero-order chi connectivity index (χ0) is 13.2. The van der Waals surface area contributed by atoms with Gasteiger partial charge in [-0.3, -0.25) is 4.79 Å². The van der Waals surface area contributed by atoms with Crippen LogP contribution in [0, 0.1) is 11.2 Å².